The maximum Gasteiger partial charge on any atom is 0.119 e. The van der Waals surface area contributed by atoms with E-state index in [0.717, 1.165) is 11.4 Å². The summed E-state index contributed by atoms with van der Waals surface area (Å²) in [6, 6.07) is 8.58. The fourth-order valence-corrected chi connectivity index (χ4v) is 1.68. The Morgan fingerprint density at radius 1 is 1.18 bits per heavy atom. The molecule has 0 saturated heterocycles. The molecule has 1 aromatic rings. The van der Waals surface area contributed by atoms with Crippen molar-refractivity contribution in [3.05, 3.63) is 24.3 Å². The molecule has 3 heteroatoms. The van der Waals surface area contributed by atoms with Gasteiger partial charge in [0.1, 0.15) is 12.4 Å². The molecule has 0 bridgehead atoms. The van der Waals surface area contributed by atoms with E-state index in [0.29, 0.717) is 19.3 Å². The van der Waals surface area contributed by atoms with E-state index in [1.165, 1.54) is 12.8 Å². The maximum atomic E-state index is 5.50. The van der Waals surface area contributed by atoms with Crippen molar-refractivity contribution >= 4 is 5.69 Å². The van der Waals surface area contributed by atoms with E-state index in [2.05, 4.69) is 19.2 Å². The first-order chi connectivity index (χ1) is 8.26. The first-order valence-electron chi connectivity index (χ1n) is 6.24. The van der Waals surface area contributed by atoms with Crippen LogP contribution in [0.5, 0.6) is 5.75 Å². The van der Waals surface area contributed by atoms with Crippen LogP contribution in [0.4, 0.5) is 5.69 Å². The Bertz CT molecular complexity index is 298. The van der Waals surface area contributed by atoms with Crippen molar-refractivity contribution in [1.82, 2.24) is 0 Å². The number of hydrogen-bond donors (Lipinski definition) is 1. The average Bonchev–Trinajstić information content (AvgIpc) is 2.32. The SMILES string of the molecule is CCCC(C)Nc1ccc(OCCOC)cc1. The van der Waals surface area contributed by atoms with Gasteiger partial charge in [-0.25, -0.2) is 0 Å². The molecule has 0 aliphatic heterocycles. The van der Waals surface area contributed by atoms with Gasteiger partial charge in [-0.15, -0.1) is 0 Å². The second-order valence-corrected chi connectivity index (χ2v) is 4.20. The minimum atomic E-state index is 0.514. The molecule has 1 aromatic carbocycles. The van der Waals surface area contributed by atoms with Crippen molar-refractivity contribution in [2.75, 3.05) is 25.6 Å². The van der Waals surface area contributed by atoms with Gasteiger partial charge in [0.15, 0.2) is 0 Å². The summed E-state index contributed by atoms with van der Waals surface area (Å²) in [5.41, 5.74) is 1.14. The van der Waals surface area contributed by atoms with Crippen LogP contribution < -0.4 is 10.1 Å². The lowest BCUT2D eigenvalue weighted by Gasteiger charge is -2.14. The number of methoxy groups -OCH3 is 1. The first-order valence-corrected chi connectivity index (χ1v) is 6.24. The standard InChI is InChI=1S/C14H23NO2/c1-4-5-12(2)15-13-6-8-14(9-7-13)17-11-10-16-3/h6-9,12,15H,4-5,10-11H2,1-3H3. The summed E-state index contributed by atoms with van der Waals surface area (Å²) in [7, 11) is 1.67. The van der Waals surface area contributed by atoms with Crippen LogP contribution in [0.25, 0.3) is 0 Å². The molecule has 0 aliphatic carbocycles. The van der Waals surface area contributed by atoms with E-state index in [1.807, 2.05) is 24.3 Å². The van der Waals surface area contributed by atoms with Crippen LogP contribution in [0.15, 0.2) is 24.3 Å². The predicted octanol–water partition coefficient (Wildman–Crippen LogP) is 3.31. The van der Waals surface area contributed by atoms with Gasteiger partial charge in [-0.05, 0) is 37.6 Å². The van der Waals surface area contributed by atoms with Crippen LogP contribution in [0.3, 0.4) is 0 Å². The highest BCUT2D eigenvalue weighted by Gasteiger charge is 2.00. The van der Waals surface area contributed by atoms with Crippen molar-refractivity contribution in [3.8, 4) is 5.75 Å². The smallest absolute Gasteiger partial charge is 0.119 e. The van der Waals surface area contributed by atoms with E-state index in [1.54, 1.807) is 7.11 Å². The van der Waals surface area contributed by atoms with E-state index in [4.69, 9.17) is 9.47 Å². The first kappa shape index (κ1) is 13.8. The quantitative estimate of drug-likeness (QED) is 0.704. The summed E-state index contributed by atoms with van der Waals surface area (Å²) < 4.78 is 10.4. The van der Waals surface area contributed by atoms with Gasteiger partial charge in [0.2, 0.25) is 0 Å². The zero-order valence-electron chi connectivity index (χ0n) is 11.0. The number of hydrogen-bond acceptors (Lipinski definition) is 3. The molecule has 0 radical (unpaired) electrons. The monoisotopic (exact) mass is 237 g/mol. The summed E-state index contributed by atoms with van der Waals surface area (Å²) >= 11 is 0. The van der Waals surface area contributed by atoms with Crippen LogP contribution >= 0.6 is 0 Å². The Morgan fingerprint density at radius 3 is 2.47 bits per heavy atom. The number of anilines is 1. The van der Waals surface area contributed by atoms with Crippen LogP contribution in [0.2, 0.25) is 0 Å². The largest absolute Gasteiger partial charge is 0.491 e. The Hall–Kier alpha value is -1.22. The molecule has 0 heterocycles. The summed E-state index contributed by atoms with van der Waals surface area (Å²) in [5.74, 6) is 0.885. The summed E-state index contributed by atoms with van der Waals surface area (Å²) in [6.07, 6.45) is 2.39. The van der Waals surface area contributed by atoms with Crippen LogP contribution in [-0.4, -0.2) is 26.4 Å². The molecule has 0 amide bonds. The van der Waals surface area contributed by atoms with Crippen LogP contribution in [-0.2, 0) is 4.74 Å². The van der Waals surface area contributed by atoms with Gasteiger partial charge in [-0.3, -0.25) is 0 Å². The molecule has 1 rings (SSSR count). The molecule has 0 saturated carbocycles. The zero-order valence-corrected chi connectivity index (χ0v) is 11.0. The van der Waals surface area contributed by atoms with Crippen LogP contribution in [0.1, 0.15) is 26.7 Å². The normalized spacial score (nSPS) is 12.2. The number of nitrogens with one attached hydrogen (secondary N) is 1. The number of rotatable bonds is 8. The van der Waals surface area contributed by atoms with Gasteiger partial charge in [0.05, 0.1) is 6.61 Å². The fraction of sp³-hybridized carbons (Fsp3) is 0.571. The molecule has 17 heavy (non-hydrogen) atoms. The van der Waals surface area contributed by atoms with Crippen molar-refractivity contribution in [2.24, 2.45) is 0 Å². The van der Waals surface area contributed by atoms with Crippen molar-refractivity contribution < 1.29 is 9.47 Å². The second kappa shape index (κ2) is 7.96. The Kier molecular flexibility index (Phi) is 6.48. The molecular weight excluding hydrogens is 214 g/mol. The Morgan fingerprint density at radius 2 is 1.88 bits per heavy atom. The second-order valence-electron chi connectivity index (χ2n) is 4.20. The molecule has 0 aromatic heterocycles. The highest BCUT2D eigenvalue weighted by Crippen LogP contribution is 2.17. The third-order valence-electron chi connectivity index (χ3n) is 2.55. The summed E-state index contributed by atoms with van der Waals surface area (Å²) in [6.45, 7) is 5.61. The van der Waals surface area contributed by atoms with Gasteiger partial charge in [-0.1, -0.05) is 13.3 Å². The lowest BCUT2D eigenvalue weighted by atomic mass is 10.2. The molecule has 0 aliphatic rings. The summed E-state index contributed by atoms with van der Waals surface area (Å²) in [5, 5.41) is 3.46. The van der Waals surface area contributed by atoms with E-state index < -0.39 is 0 Å². The third kappa shape index (κ3) is 5.59. The van der Waals surface area contributed by atoms with Gasteiger partial charge in [0, 0.05) is 18.8 Å². The number of ether oxygens (including phenoxy) is 2. The van der Waals surface area contributed by atoms with E-state index >= 15 is 0 Å². The molecule has 1 unspecified atom stereocenters. The van der Waals surface area contributed by atoms with Gasteiger partial charge in [0.25, 0.3) is 0 Å². The van der Waals surface area contributed by atoms with Gasteiger partial charge in [-0.2, -0.15) is 0 Å². The molecule has 1 atom stereocenters. The molecule has 3 nitrogen and oxygen atoms in total. The zero-order chi connectivity index (χ0) is 12.5. The van der Waals surface area contributed by atoms with Crippen molar-refractivity contribution in [3.63, 3.8) is 0 Å². The van der Waals surface area contributed by atoms with Crippen LogP contribution in [0, 0.1) is 0 Å². The minimum absolute atomic E-state index is 0.514. The van der Waals surface area contributed by atoms with Crippen molar-refractivity contribution in [2.45, 2.75) is 32.7 Å². The summed E-state index contributed by atoms with van der Waals surface area (Å²) in [4.78, 5) is 0. The molecule has 0 fully saturated rings. The molecule has 0 spiro atoms. The fourth-order valence-electron chi connectivity index (χ4n) is 1.68. The molecular formula is C14H23NO2. The van der Waals surface area contributed by atoms with Gasteiger partial charge < -0.3 is 14.8 Å². The number of benzene rings is 1. The average molecular weight is 237 g/mol. The topological polar surface area (TPSA) is 30.5 Å². The Balaban J connectivity index is 2.39. The minimum Gasteiger partial charge on any atom is -0.491 e. The Labute approximate surface area is 104 Å². The highest BCUT2D eigenvalue weighted by atomic mass is 16.5. The van der Waals surface area contributed by atoms with E-state index in [-0.39, 0.29) is 0 Å². The maximum absolute atomic E-state index is 5.50. The van der Waals surface area contributed by atoms with E-state index in [9.17, 15) is 0 Å². The predicted molar refractivity (Wildman–Crippen MR) is 71.8 cm³/mol. The third-order valence-corrected chi connectivity index (χ3v) is 2.55. The van der Waals surface area contributed by atoms with Gasteiger partial charge >= 0.3 is 0 Å². The highest BCUT2D eigenvalue weighted by molar-refractivity contribution is 5.46. The molecule has 96 valence electrons. The lowest BCUT2D eigenvalue weighted by molar-refractivity contribution is 0.146. The lowest BCUT2D eigenvalue weighted by Crippen LogP contribution is -2.14. The van der Waals surface area contributed by atoms with Crippen molar-refractivity contribution in [1.29, 1.82) is 0 Å². The molecule has 1 N–H and O–H groups in total.